The molecule has 0 aromatic heterocycles. The van der Waals surface area contributed by atoms with Crippen LogP contribution < -0.4 is 10.1 Å². The smallest absolute Gasteiger partial charge is 0.124 e. The number of nitrogens with one attached hydrogen (secondary N) is 1. The van der Waals surface area contributed by atoms with Gasteiger partial charge < -0.3 is 10.1 Å². The molecule has 1 N–H and O–H groups in total. The van der Waals surface area contributed by atoms with E-state index >= 15 is 0 Å². The van der Waals surface area contributed by atoms with Gasteiger partial charge in [-0.2, -0.15) is 0 Å². The van der Waals surface area contributed by atoms with E-state index in [1.807, 2.05) is 19.1 Å². The zero-order valence-electron chi connectivity index (χ0n) is 12.3. The molecule has 0 aliphatic carbocycles. The number of likely N-dealkylation sites (N-methyl/N-ethyl adjacent to an activating group) is 1. The molecule has 2 rings (SSSR count). The predicted molar refractivity (Wildman–Crippen MR) is 84.2 cm³/mol. The van der Waals surface area contributed by atoms with Crippen LogP contribution in [0.3, 0.4) is 0 Å². The summed E-state index contributed by atoms with van der Waals surface area (Å²) in [5, 5.41) is 3.57. The maximum absolute atomic E-state index is 5.76. The van der Waals surface area contributed by atoms with Crippen LogP contribution in [0.5, 0.6) is 5.75 Å². The van der Waals surface area contributed by atoms with Crippen LogP contribution in [-0.2, 0) is 6.42 Å². The monoisotopic (exact) mass is 269 g/mol. The summed E-state index contributed by atoms with van der Waals surface area (Å²) in [5.41, 5.74) is 2.57. The molecule has 0 saturated carbocycles. The fourth-order valence-corrected chi connectivity index (χ4v) is 2.44. The quantitative estimate of drug-likeness (QED) is 0.821. The average Bonchev–Trinajstić information content (AvgIpc) is 2.49. The van der Waals surface area contributed by atoms with Gasteiger partial charge in [-0.3, -0.25) is 0 Å². The predicted octanol–water partition coefficient (Wildman–Crippen LogP) is 3.98. The van der Waals surface area contributed by atoms with Gasteiger partial charge in [-0.25, -0.2) is 0 Å². The van der Waals surface area contributed by atoms with Crippen molar-refractivity contribution in [1.29, 1.82) is 0 Å². The van der Waals surface area contributed by atoms with Gasteiger partial charge in [0.2, 0.25) is 0 Å². The fraction of sp³-hybridized carbons (Fsp3) is 0.333. The highest BCUT2D eigenvalue weighted by molar-refractivity contribution is 5.37. The third-order valence-electron chi connectivity index (χ3n) is 3.33. The van der Waals surface area contributed by atoms with Crippen molar-refractivity contribution in [3.8, 4) is 5.75 Å². The first-order valence-corrected chi connectivity index (χ1v) is 7.34. The zero-order chi connectivity index (χ0) is 14.2. The zero-order valence-corrected chi connectivity index (χ0v) is 12.3. The van der Waals surface area contributed by atoms with Gasteiger partial charge >= 0.3 is 0 Å². The van der Waals surface area contributed by atoms with Crippen LogP contribution in [0, 0.1) is 0 Å². The van der Waals surface area contributed by atoms with Crippen LogP contribution in [0.1, 0.15) is 31.0 Å². The Balaban J connectivity index is 2.24. The van der Waals surface area contributed by atoms with Crippen molar-refractivity contribution in [3.63, 3.8) is 0 Å². The van der Waals surface area contributed by atoms with Gasteiger partial charge in [0.25, 0.3) is 0 Å². The largest absolute Gasteiger partial charge is 0.494 e. The van der Waals surface area contributed by atoms with Gasteiger partial charge in [0.15, 0.2) is 0 Å². The molecule has 1 unspecified atom stereocenters. The van der Waals surface area contributed by atoms with Crippen molar-refractivity contribution in [2.75, 3.05) is 13.2 Å². The number of hydrogen-bond donors (Lipinski definition) is 1. The molecule has 0 fully saturated rings. The van der Waals surface area contributed by atoms with Gasteiger partial charge in [-0.15, -0.1) is 0 Å². The highest BCUT2D eigenvalue weighted by atomic mass is 16.5. The van der Waals surface area contributed by atoms with E-state index in [0.717, 1.165) is 18.7 Å². The minimum absolute atomic E-state index is 0.283. The van der Waals surface area contributed by atoms with Crippen LogP contribution >= 0.6 is 0 Å². The molecule has 2 nitrogen and oxygen atoms in total. The SMILES string of the molecule is CCNC(Cc1ccccc1)c1ccccc1OCC. The Kier molecular flexibility index (Phi) is 5.63. The molecule has 106 valence electrons. The number of rotatable bonds is 7. The molecule has 20 heavy (non-hydrogen) atoms. The summed E-state index contributed by atoms with van der Waals surface area (Å²) in [6, 6.07) is 19.2. The molecule has 0 saturated heterocycles. The number of para-hydroxylation sites is 1. The van der Waals surface area contributed by atoms with E-state index in [0.29, 0.717) is 6.61 Å². The summed E-state index contributed by atoms with van der Waals surface area (Å²) in [5.74, 6) is 0.983. The van der Waals surface area contributed by atoms with Crippen LogP contribution in [0.25, 0.3) is 0 Å². The fourth-order valence-electron chi connectivity index (χ4n) is 2.44. The van der Waals surface area contributed by atoms with E-state index in [1.165, 1.54) is 11.1 Å². The molecule has 0 aliphatic rings. The lowest BCUT2D eigenvalue weighted by molar-refractivity contribution is 0.331. The van der Waals surface area contributed by atoms with Crippen LogP contribution in [-0.4, -0.2) is 13.2 Å². The third kappa shape index (κ3) is 3.84. The van der Waals surface area contributed by atoms with E-state index in [-0.39, 0.29) is 6.04 Å². The Bertz CT molecular complexity index is 510. The van der Waals surface area contributed by atoms with Gasteiger partial charge in [0, 0.05) is 11.6 Å². The lowest BCUT2D eigenvalue weighted by Crippen LogP contribution is -2.23. The summed E-state index contributed by atoms with van der Waals surface area (Å²) >= 11 is 0. The molecular weight excluding hydrogens is 246 g/mol. The molecule has 0 radical (unpaired) electrons. The lowest BCUT2D eigenvalue weighted by atomic mass is 9.98. The van der Waals surface area contributed by atoms with E-state index in [1.54, 1.807) is 0 Å². The number of benzene rings is 2. The molecule has 2 heteroatoms. The maximum Gasteiger partial charge on any atom is 0.124 e. The standard InChI is InChI=1S/C18H23NO/c1-3-19-17(14-15-10-6-5-7-11-15)16-12-8-9-13-18(16)20-4-2/h5-13,17,19H,3-4,14H2,1-2H3. The average molecular weight is 269 g/mol. The highest BCUT2D eigenvalue weighted by Crippen LogP contribution is 2.27. The Hall–Kier alpha value is -1.80. The van der Waals surface area contributed by atoms with Crippen LogP contribution in [0.4, 0.5) is 0 Å². The van der Waals surface area contributed by atoms with Gasteiger partial charge in [0.05, 0.1) is 6.61 Å². The van der Waals surface area contributed by atoms with Crippen molar-refractivity contribution >= 4 is 0 Å². The summed E-state index contributed by atoms with van der Waals surface area (Å²) in [7, 11) is 0. The Labute approximate surface area is 121 Å². The van der Waals surface area contributed by atoms with Crippen molar-refractivity contribution in [3.05, 3.63) is 65.7 Å². The Morgan fingerprint density at radius 1 is 0.950 bits per heavy atom. The second-order valence-electron chi connectivity index (χ2n) is 4.77. The summed E-state index contributed by atoms with van der Waals surface area (Å²) in [6.07, 6.45) is 0.971. The molecule has 2 aromatic rings. The summed E-state index contributed by atoms with van der Waals surface area (Å²) < 4.78 is 5.76. The van der Waals surface area contributed by atoms with Crippen molar-refractivity contribution in [1.82, 2.24) is 5.32 Å². The number of hydrogen-bond acceptors (Lipinski definition) is 2. The van der Waals surface area contributed by atoms with Crippen molar-refractivity contribution in [2.45, 2.75) is 26.3 Å². The minimum atomic E-state index is 0.283. The molecule has 0 aliphatic heterocycles. The van der Waals surface area contributed by atoms with Crippen molar-refractivity contribution < 1.29 is 4.74 Å². The first kappa shape index (κ1) is 14.6. The normalized spacial score (nSPS) is 12.1. The molecule has 0 spiro atoms. The Morgan fingerprint density at radius 3 is 2.35 bits per heavy atom. The van der Waals surface area contributed by atoms with Gasteiger partial charge in [0.1, 0.15) is 5.75 Å². The van der Waals surface area contributed by atoms with Crippen molar-refractivity contribution in [2.24, 2.45) is 0 Å². The minimum Gasteiger partial charge on any atom is -0.494 e. The highest BCUT2D eigenvalue weighted by Gasteiger charge is 2.15. The topological polar surface area (TPSA) is 21.3 Å². The molecule has 0 heterocycles. The molecule has 2 aromatic carbocycles. The van der Waals surface area contributed by atoms with E-state index in [2.05, 4.69) is 54.7 Å². The van der Waals surface area contributed by atoms with Crippen LogP contribution in [0.15, 0.2) is 54.6 Å². The Morgan fingerprint density at radius 2 is 1.65 bits per heavy atom. The van der Waals surface area contributed by atoms with Gasteiger partial charge in [-0.1, -0.05) is 55.5 Å². The molecule has 0 bridgehead atoms. The lowest BCUT2D eigenvalue weighted by Gasteiger charge is -2.21. The molecule has 0 amide bonds. The first-order valence-electron chi connectivity index (χ1n) is 7.34. The second kappa shape index (κ2) is 7.71. The second-order valence-corrected chi connectivity index (χ2v) is 4.77. The van der Waals surface area contributed by atoms with Crippen LogP contribution in [0.2, 0.25) is 0 Å². The number of ether oxygens (including phenoxy) is 1. The van der Waals surface area contributed by atoms with E-state index in [9.17, 15) is 0 Å². The molecular formula is C18H23NO. The maximum atomic E-state index is 5.76. The third-order valence-corrected chi connectivity index (χ3v) is 3.33. The van der Waals surface area contributed by atoms with E-state index < -0.39 is 0 Å². The first-order chi connectivity index (χ1) is 9.85. The summed E-state index contributed by atoms with van der Waals surface area (Å²) in [6.45, 7) is 5.80. The summed E-state index contributed by atoms with van der Waals surface area (Å²) in [4.78, 5) is 0. The van der Waals surface area contributed by atoms with Gasteiger partial charge in [-0.05, 0) is 31.5 Å². The molecule has 1 atom stereocenters. The van der Waals surface area contributed by atoms with E-state index in [4.69, 9.17) is 4.74 Å².